The molecule has 1 fully saturated rings. The molecule has 0 aromatic heterocycles. The maximum atomic E-state index is 12.6. The number of rotatable bonds is 7. The molecule has 110 valence electrons. The minimum atomic E-state index is 0.0876. The Kier molecular flexibility index (Phi) is 5.18. The number of nitrogens with two attached hydrogens (primary N) is 1. The number of nitrogens with zero attached hydrogens (tertiary/aromatic N) is 1. The molecule has 1 unspecified atom stereocenters. The molecule has 0 saturated heterocycles. The maximum Gasteiger partial charge on any atom is 0.225 e. The Balaban J connectivity index is 1.99. The van der Waals surface area contributed by atoms with Gasteiger partial charge in [-0.2, -0.15) is 0 Å². The Morgan fingerprint density at radius 1 is 1.35 bits per heavy atom. The smallest absolute Gasteiger partial charge is 0.225 e. The first-order chi connectivity index (χ1) is 9.61. The van der Waals surface area contributed by atoms with Crippen LogP contribution < -0.4 is 5.73 Å². The summed E-state index contributed by atoms with van der Waals surface area (Å²) in [5.74, 6) is 0.381. The highest BCUT2D eigenvalue weighted by Crippen LogP contribution is 2.30. The van der Waals surface area contributed by atoms with E-state index < -0.39 is 0 Å². The fourth-order valence-electron chi connectivity index (χ4n) is 2.49. The van der Waals surface area contributed by atoms with Gasteiger partial charge in [-0.05, 0) is 44.7 Å². The van der Waals surface area contributed by atoms with Crippen molar-refractivity contribution in [1.29, 1.82) is 0 Å². The molecule has 1 aromatic carbocycles. The summed E-state index contributed by atoms with van der Waals surface area (Å²) in [6, 6.07) is 8.94. The standard InChI is InChI=1S/C17H26N2O/c1-13-5-7-15(8-6-13)12-19(16-9-10-16)17(20)14(2)4-3-11-18/h5-8,14,16H,3-4,9-12,18H2,1-2H3. The Labute approximate surface area is 122 Å². The van der Waals surface area contributed by atoms with Crippen LogP contribution in [-0.4, -0.2) is 23.4 Å². The zero-order valence-corrected chi connectivity index (χ0v) is 12.6. The molecule has 0 aliphatic heterocycles. The first-order valence-electron chi connectivity index (χ1n) is 7.68. The van der Waals surface area contributed by atoms with Gasteiger partial charge in [-0.1, -0.05) is 36.8 Å². The topological polar surface area (TPSA) is 46.3 Å². The SMILES string of the molecule is Cc1ccc(CN(C(=O)C(C)CCCN)C2CC2)cc1. The lowest BCUT2D eigenvalue weighted by atomic mass is 10.0. The van der Waals surface area contributed by atoms with Crippen LogP contribution in [0.1, 0.15) is 43.7 Å². The first kappa shape index (κ1) is 15.0. The molecule has 1 amide bonds. The van der Waals surface area contributed by atoms with Crippen LogP contribution in [0.15, 0.2) is 24.3 Å². The number of hydrogen-bond acceptors (Lipinski definition) is 2. The van der Waals surface area contributed by atoms with Gasteiger partial charge in [-0.15, -0.1) is 0 Å². The molecular weight excluding hydrogens is 248 g/mol. The van der Waals surface area contributed by atoms with E-state index in [1.165, 1.54) is 11.1 Å². The summed E-state index contributed by atoms with van der Waals surface area (Å²) < 4.78 is 0. The van der Waals surface area contributed by atoms with Crippen molar-refractivity contribution in [2.75, 3.05) is 6.54 Å². The second-order valence-corrected chi connectivity index (χ2v) is 6.01. The number of hydrogen-bond donors (Lipinski definition) is 1. The van der Waals surface area contributed by atoms with Gasteiger partial charge >= 0.3 is 0 Å². The van der Waals surface area contributed by atoms with Gasteiger partial charge in [0.05, 0.1) is 0 Å². The van der Waals surface area contributed by atoms with E-state index in [2.05, 4.69) is 36.1 Å². The second kappa shape index (κ2) is 6.89. The molecule has 0 heterocycles. The molecule has 1 atom stereocenters. The lowest BCUT2D eigenvalue weighted by Gasteiger charge is -2.26. The van der Waals surface area contributed by atoms with Crippen LogP contribution in [0.25, 0.3) is 0 Å². The van der Waals surface area contributed by atoms with Gasteiger partial charge in [0.25, 0.3) is 0 Å². The van der Waals surface area contributed by atoms with E-state index in [1.54, 1.807) is 0 Å². The Hall–Kier alpha value is -1.35. The lowest BCUT2D eigenvalue weighted by molar-refractivity contribution is -0.136. The van der Waals surface area contributed by atoms with E-state index in [0.717, 1.165) is 32.2 Å². The van der Waals surface area contributed by atoms with Crippen molar-refractivity contribution < 1.29 is 4.79 Å². The fraction of sp³-hybridized carbons (Fsp3) is 0.588. The summed E-state index contributed by atoms with van der Waals surface area (Å²) in [5, 5.41) is 0. The zero-order valence-electron chi connectivity index (χ0n) is 12.6. The van der Waals surface area contributed by atoms with Crippen molar-refractivity contribution in [3.05, 3.63) is 35.4 Å². The van der Waals surface area contributed by atoms with Crippen LogP contribution in [0.5, 0.6) is 0 Å². The fourth-order valence-corrected chi connectivity index (χ4v) is 2.49. The third kappa shape index (κ3) is 4.07. The summed E-state index contributed by atoms with van der Waals surface area (Å²) >= 11 is 0. The Morgan fingerprint density at radius 3 is 2.55 bits per heavy atom. The predicted octanol–water partition coefficient (Wildman–Crippen LogP) is 2.86. The van der Waals surface area contributed by atoms with Crippen molar-refractivity contribution in [2.24, 2.45) is 11.7 Å². The summed E-state index contributed by atoms with van der Waals surface area (Å²) in [4.78, 5) is 14.7. The Bertz CT molecular complexity index is 437. The summed E-state index contributed by atoms with van der Waals surface area (Å²) in [7, 11) is 0. The third-order valence-electron chi connectivity index (χ3n) is 4.01. The van der Waals surface area contributed by atoms with Crippen LogP contribution >= 0.6 is 0 Å². The quantitative estimate of drug-likeness (QED) is 0.831. The average Bonchev–Trinajstić information content (AvgIpc) is 3.28. The highest BCUT2D eigenvalue weighted by Gasteiger charge is 2.34. The van der Waals surface area contributed by atoms with Crippen LogP contribution in [0.4, 0.5) is 0 Å². The largest absolute Gasteiger partial charge is 0.335 e. The van der Waals surface area contributed by atoms with Gasteiger partial charge in [-0.25, -0.2) is 0 Å². The minimum Gasteiger partial charge on any atom is -0.335 e. The molecular formula is C17H26N2O. The number of carbonyl (C=O) groups is 1. The normalized spacial score (nSPS) is 15.9. The zero-order chi connectivity index (χ0) is 14.5. The molecule has 3 heteroatoms. The van der Waals surface area contributed by atoms with Crippen molar-refractivity contribution in [2.45, 2.75) is 52.1 Å². The number of amides is 1. The average molecular weight is 274 g/mol. The monoisotopic (exact) mass is 274 g/mol. The molecule has 0 bridgehead atoms. The van der Waals surface area contributed by atoms with Crippen molar-refractivity contribution in [3.8, 4) is 0 Å². The van der Waals surface area contributed by atoms with Crippen molar-refractivity contribution >= 4 is 5.91 Å². The molecule has 1 aliphatic carbocycles. The minimum absolute atomic E-state index is 0.0876. The summed E-state index contributed by atoms with van der Waals surface area (Å²) in [6.07, 6.45) is 4.13. The van der Waals surface area contributed by atoms with Gasteiger partial charge < -0.3 is 10.6 Å². The lowest BCUT2D eigenvalue weighted by Crippen LogP contribution is -2.36. The number of benzene rings is 1. The third-order valence-corrected chi connectivity index (χ3v) is 4.01. The molecule has 1 saturated carbocycles. The highest BCUT2D eigenvalue weighted by atomic mass is 16.2. The molecule has 0 radical (unpaired) electrons. The second-order valence-electron chi connectivity index (χ2n) is 6.01. The highest BCUT2D eigenvalue weighted by molar-refractivity contribution is 5.79. The van der Waals surface area contributed by atoms with E-state index in [1.807, 2.05) is 6.92 Å². The van der Waals surface area contributed by atoms with Crippen LogP contribution in [-0.2, 0) is 11.3 Å². The van der Waals surface area contributed by atoms with E-state index in [4.69, 9.17) is 5.73 Å². The van der Waals surface area contributed by atoms with Crippen LogP contribution in [0.2, 0.25) is 0 Å². The molecule has 0 spiro atoms. The van der Waals surface area contributed by atoms with Crippen LogP contribution in [0.3, 0.4) is 0 Å². The molecule has 3 nitrogen and oxygen atoms in total. The number of carbonyl (C=O) groups excluding carboxylic acids is 1. The van der Waals surface area contributed by atoms with Crippen molar-refractivity contribution in [3.63, 3.8) is 0 Å². The molecule has 20 heavy (non-hydrogen) atoms. The van der Waals surface area contributed by atoms with Crippen molar-refractivity contribution in [1.82, 2.24) is 4.90 Å². The van der Waals surface area contributed by atoms with E-state index in [-0.39, 0.29) is 5.92 Å². The number of aryl methyl sites for hydroxylation is 1. The van der Waals surface area contributed by atoms with Gasteiger partial charge in [0.2, 0.25) is 5.91 Å². The van der Waals surface area contributed by atoms with Crippen LogP contribution in [0, 0.1) is 12.8 Å². The predicted molar refractivity (Wildman–Crippen MR) is 82.2 cm³/mol. The van der Waals surface area contributed by atoms with Gasteiger partial charge in [0, 0.05) is 18.5 Å². The molecule has 2 rings (SSSR count). The maximum absolute atomic E-state index is 12.6. The van der Waals surface area contributed by atoms with Gasteiger partial charge in [0.1, 0.15) is 0 Å². The Morgan fingerprint density at radius 2 is 2.00 bits per heavy atom. The summed E-state index contributed by atoms with van der Waals surface area (Å²) in [5.41, 5.74) is 8.02. The summed E-state index contributed by atoms with van der Waals surface area (Å²) in [6.45, 7) is 5.53. The van der Waals surface area contributed by atoms with E-state index in [9.17, 15) is 4.79 Å². The van der Waals surface area contributed by atoms with E-state index >= 15 is 0 Å². The molecule has 1 aromatic rings. The first-order valence-corrected chi connectivity index (χ1v) is 7.68. The molecule has 2 N–H and O–H groups in total. The van der Waals surface area contributed by atoms with Gasteiger partial charge in [0.15, 0.2) is 0 Å². The van der Waals surface area contributed by atoms with Gasteiger partial charge in [-0.3, -0.25) is 4.79 Å². The molecule has 1 aliphatic rings. The van der Waals surface area contributed by atoms with E-state index in [0.29, 0.717) is 18.5 Å².